The van der Waals surface area contributed by atoms with Crippen molar-refractivity contribution in [3.63, 3.8) is 0 Å². The lowest BCUT2D eigenvalue weighted by molar-refractivity contribution is -0.148. The van der Waals surface area contributed by atoms with Crippen LogP contribution in [0.2, 0.25) is 0 Å². The third-order valence-corrected chi connectivity index (χ3v) is 6.54. The van der Waals surface area contributed by atoms with E-state index in [0.29, 0.717) is 12.8 Å². The second kappa shape index (κ2) is 29.5. The number of aliphatic carboxylic acids is 1. The average Bonchev–Trinajstić information content (AvgIpc) is 2.88. The highest BCUT2D eigenvalue weighted by Gasteiger charge is 2.08. The Balaban J connectivity index is 3.51. The van der Waals surface area contributed by atoms with Crippen molar-refractivity contribution in [2.75, 3.05) is 0 Å². The van der Waals surface area contributed by atoms with Crippen LogP contribution in [0.1, 0.15) is 149 Å². The van der Waals surface area contributed by atoms with Crippen molar-refractivity contribution in [2.45, 2.75) is 155 Å². The molecule has 0 saturated carbocycles. The number of rotatable bonds is 27. The highest BCUT2D eigenvalue weighted by molar-refractivity contribution is 5.69. The SMILES string of the molecule is CCCCC/C=C\C/C=C\C/C=C\C/C=C\CCCC(=O)OC(C)CCCCCCCCCCCC(=O)O. The molecule has 0 aromatic carbocycles. The van der Waals surface area contributed by atoms with Crippen molar-refractivity contribution in [1.82, 2.24) is 0 Å². The van der Waals surface area contributed by atoms with Crippen molar-refractivity contribution in [1.29, 1.82) is 0 Å². The topological polar surface area (TPSA) is 63.6 Å². The largest absolute Gasteiger partial charge is 0.481 e. The van der Waals surface area contributed by atoms with Gasteiger partial charge in [0.05, 0.1) is 6.10 Å². The van der Waals surface area contributed by atoms with Crippen LogP contribution in [0.4, 0.5) is 0 Å². The Morgan fingerprint density at radius 3 is 1.61 bits per heavy atom. The molecule has 0 aliphatic rings. The van der Waals surface area contributed by atoms with E-state index in [0.717, 1.165) is 64.2 Å². The summed E-state index contributed by atoms with van der Waals surface area (Å²) in [5, 5.41) is 8.62. The van der Waals surface area contributed by atoms with Gasteiger partial charge in [-0.25, -0.2) is 0 Å². The number of unbranched alkanes of at least 4 members (excludes halogenated alkanes) is 12. The van der Waals surface area contributed by atoms with Gasteiger partial charge in [0, 0.05) is 12.8 Å². The minimum atomic E-state index is -0.688. The third kappa shape index (κ3) is 30.1. The van der Waals surface area contributed by atoms with Gasteiger partial charge in [-0.05, 0) is 71.1 Å². The lowest BCUT2D eigenvalue weighted by Crippen LogP contribution is -2.14. The first-order valence-corrected chi connectivity index (χ1v) is 15.6. The van der Waals surface area contributed by atoms with Crippen molar-refractivity contribution in [2.24, 2.45) is 0 Å². The molecule has 0 rings (SSSR count). The highest BCUT2D eigenvalue weighted by Crippen LogP contribution is 2.13. The highest BCUT2D eigenvalue weighted by atomic mass is 16.5. The number of esters is 1. The Bertz CT molecular complexity index is 659. The van der Waals surface area contributed by atoms with E-state index in [1.54, 1.807) is 0 Å². The van der Waals surface area contributed by atoms with Crippen LogP contribution in [-0.2, 0) is 14.3 Å². The summed E-state index contributed by atoms with van der Waals surface area (Å²) in [6, 6.07) is 0. The maximum absolute atomic E-state index is 12.0. The molecule has 218 valence electrons. The molecule has 0 aromatic rings. The lowest BCUT2D eigenvalue weighted by Gasteiger charge is -2.13. The molecule has 1 atom stereocenters. The number of carbonyl (C=O) groups is 2. The predicted octanol–water partition coefficient (Wildman–Crippen LogP) is 10.4. The maximum Gasteiger partial charge on any atom is 0.306 e. The first-order chi connectivity index (χ1) is 18.6. The molecule has 4 heteroatoms. The zero-order chi connectivity index (χ0) is 27.9. The van der Waals surface area contributed by atoms with Crippen molar-refractivity contribution in [3.8, 4) is 0 Å². The summed E-state index contributed by atoms with van der Waals surface area (Å²) >= 11 is 0. The number of hydrogen-bond donors (Lipinski definition) is 1. The molecule has 38 heavy (non-hydrogen) atoms. The van der Waals surface area contributed by atoms with Crippen LogP contribution in [0, 0.1) is 0 Å². The second-order valence-electron chi connectivity index (χ2n) is 10.4. The fraction of sp³-hybridized carbons (Fsp3) is 0.706. The average molecular weight is 531 g/mol. The Morgan fingerprint density at radius 2 is 1.08 bits per heavy atom. The maximum atomic E-state index is 12.0. The molecule has 1 N–H and O–H groups in total. The lowest BCUT2D eigenvalue weighted by atomic mass is 10.0. The van der Waals surface area contributed by atoms with E-state index in [1.807, 2.05) is 6.92 Å². The molecule has 0 saturated heterocycles. The quantitative estimate of drug-likeness (QED) is 0.0651. The fourth-order valence-electron chi connectivity index (χ4n) is 4.21. The van der Waals surface area contributed by atoms with Gasteiger partial charge in [0.1, 0.15) is 0 Å². The summed E-state index contributed by atoms with van der Waals surface area (Å²) in [5.74, 6) is -0.761. The van der Waals surface area contributed by atoms with Crippen LogP contribution >= 0.6 is 0 Å². The normalized spacial score (nSPS) is 12.9. The number of carboxylic acid groups (broad SMARTS) is 1. The minimum absolute atomic E-state index is 0.00767. The van der Waals surface area contributed by atoms with Crippen LogP contribution in [0.25, 0.3) is 0 Å². The number of hydrogen-bond acceptors (Lipinski definition) is 3. The van der Waals surface area contributed by atoms with E-state index >= 15 is 0 Å². The van der Waals surface area contributed by atoms with E-state index in [9.17, 15) is 9.59 Å². The minimum Gasteiger partial charge on any atom is -0.481 e. The Kier molecular flexibility index (Phi) is 27.8. The molecule has 0 aromatic heterocycles. The third-order valence-electron chi connectivity index (χ3n) is 6.54. The van der Waals surface area contributed by atoms with E-state index in [1.165, 1.54) is 57.8 Å². The van der Waals surface area contributed by atoms with Gasteiger partial charge in [-0.1, -0.05) is 113 Å². The van der Waals surface area contributed by atoms with Gasteiger partial charge in [-0.2, -0.15) is 0 Å². The summed E-state index contributed by atoms with van der Waals surface area (Å²) in [7, 11) is 0. The zero-order valence-corrected chi connectivity index (χ0v) is 24.7. The molecule has 4 nitrogen and oxygen atoms in total. The molecule has 0 bridgehead atoms. The van der Waals surface area contributed by atoms with Crippen molar-refractivity contribution < 1.29 is 19.4 Å². The van der Waals surface area contributed by atoms with E-state index < -0.39 is 5.97 Å². The second-order valence-corrected chi connectivity index (χ2v) is 10.4. The van der Waals surface area contributed by atoms with Gasteiger partial charge < -0.3 is 9.84 Å². The molecule has 0 heterocycles. The van der Waals surface area contributed by atoms with Crippen molar-refractivity contribution in [3.05, 3.63) is 48.6 Å². The molecule has 1 unspecified atom stereocenters. The summed E-state index contributed by atoms with van der Waals surface area (Å²) in [4.78, 5) is 22.5. The standard InChI is InChI=1S/C34H58O4/c1-3-4-5-6-7-8-9-10-11-12-13-14-15-19-22-25-28-31-34(37)38-32(2)29-26-23-20-17-16-18-21-24-27-30-33(35)36/h7-8,10-11,13-14,19,22,32H,3-6,9,12,15-18,20-21,23-31H2,1-2H3,(H,35,36)/b8-7-,11-10-,14-13-,22-19-. The Morgan fingerprint density at radius 1 is 0.605 bits per heavy atom. The van der Waals surface area contributed by atoms with Crippen LogP contribution in [-0.4, -0.2) is 23.1 Å². The number of allylic oxidation sites excluding steroid dienone is 8. The van der Waals surface area contributed by atoms with Gasteiger partial charge in [0.15, 0.2) is 0 Å². The van der Waals surface area contributed by atoms with E-state index in [4.69, 9.17) is 9.84 Å². The van der Waals surface area contributed by atoms with Gasteiger partial charge in [-0.15, -0.1) is 0 Å². The molecule has 0 radical (unpaired) electrons. The molecule has 0 aliphatic heterocycles. The van der Waals surface area contributed by atoms with Crippen LogP contribution in [0.15, 0.2) is 48.6 Å². The summed E-state index contributed by atoms with van der Waals surface area (Å²) in [5.41, 5.74) is 0. The van der Waals surface area contributed by atoms with E-state index in [-0.39, 0.29) is 12.1 Å². The number of ether oxygens (including phenoxy) is 1. The first kappa shape index (κ1) is 35.9. The monoisotopic (exact) mass is 530 g/mol. The van der Waals surface area contributed by atoms with Crippen LogP contribution in [0.3, 0.4) is 0 Å². The van der Waals surface area contributed by atoms with Gasteiger partial charge >= 0.3 is 11.9 Å². The van der Waals surface area contributed by atoms with Gasteiger partial charge in [-0.3, -0.25) is 9.59 Å². The zero-order valence-electron chi connectivity index (χ0n) is 24.7. The van der Waals surface area contributed by atoms with Gasteiger partial charge in [0.25, 0.3) is 0 Å². The number of carbonyl (C=O) groups excluding carboxylic acids is 1. The molecule has 0 fully saturated rings. The molecular formula is C34H58O4. The smallest absolute Gasteiger partial charge is 0.306 e. The molecule has 0 aliphatic carbocycles. The molecule has 0 spiro atoms. The summed E-state index contributed by atoms with van der Waals surface area (Å²) in [6.45, 7) is 4.24. The van der Waals surface area contributed by atoms with Crippen molar-refractivity contribution >= 4 is 11.9 Å². The van der Waals surface area contributed by atoms with E-state index in [2.05, 4.69) is 55.5 Å². The summed E-state index contributed by atoms with van der Waals surface area (Å²) in [6.07, 6.45) is 39.5. The number of carboxylic acids is 1. The fourth-order valence-corrected chi connectivity index (χ4v) is 4.21. The van der Waals surface area contributed by atoms with Crippen LogP contribution in [0.5, 0.6) is 0 Å². The first-order valence-electron chi connectivity index (χ1n) is 15.6. The predicted molar refractivity (Wildman–Crippen MR) is 162 cm³/mol. The molecule has 0 amide bonds. The Labute approximate surface area is 234 Å². The summed E-state index contributed by atoms with van der Waals surface area (Å²) < 4.78 is 5.55. The van der Waals surface area contributed by atoms with Gasteiger partial charge in [0.2, 0.25) is 0 Å². The molecular weight excluding hydrogens is 472 g/mol. The van der Waals surface area contributed by atoms with Crippen LogP contribution < -0.4 is 0 Å². The Hall–Kier alpha value is -2.10.